The molecule has 2 aliphatic heterocycles. The Morgan fingerprint density at radius 1 is 0.947 bits per heavy atom. The van der Waals surface area contributed by atoms with Gasteiger partial charge in [0, 0.05) is 12.4 Å². The van der Waals surface area contributed by atoms with Crippen molar-refractivity contribution >= 4 is 24.4 Å². The van der Waals surface area contributed by atoms with E-state index in [1.807, 2.05) is 0 Å². The zero-order valence-electron chi connectivity index (χ0n) is 9.48. The zero-order valence-corrected chi connectivity index (χ0v) is 9.48. The van der Waals surface area contributed by atoms with E-state index in [4.69, 9.17) is 10.5 Å². The molecule has 0 saturated heterocycles. The number of nitrogens with zero attached hydrogens (tertiary/aromatic N) is 4. The highest BCUT2D eigenvalue weighted by atomic mass is 16.6. The number of hydrogen-bond donors (Lipinski definition) is 0. The Morgan fingerprint density at radius 2 is 1.37 bits per heavy atom. The highest BCUT2D eigenvalue weighted by Crippen LogP contribution is 2.22. The van der Waals surface area contributed by atoms with Crippen LogP contribution in [0.4, 0.5) is 0 Å². The largest absolute Gasteiger partial charge is 0.387 e. The van der Waals surface area contributed by atoms with Gasteiger partial charge in [-0.25, -0.2) is 9.59 Å². The molecule has 2 aliphatic rings. The summed E-state index contributed by atoms with van der Waals surface area (Å²) in [6, 6.07) is 3.31. The standard InChI is InChI=1S/C12H6N4O3/c13-7-11(3-1-5-15-11)9(17)19-10(18)12(8-14)4-2-6-16-12/h1-6H. The molecule has 2 unspecified atom stereocenters. The number of nitriles is 2. The van der Waals surface area contributed by atoms with Crippen LogP contribution < -0.4 is 0 Å². The van der Waals surface area contributed by atoms with Gasteiger partial charge in [-0.15, -0.1) is 0 Å². The second-order valence-corrected chi connectivity index (χ2v) is 3.71. The summed E-state index contributed by atoms with van der Waals surface area (Å²) in [5.74, 6) is -2.31. The molecule has 0 aromatic rings. The number of esters is 2. The van der Waals surface area contributed by atoms with Gasteiger partial charge < -0.3 is 4.74 Å². The molecule has 0 aromatic heterocycles. The third-order valence-corrected chi connectivity index (χ3v) is 2.55. The van der Waals surface area contributed by atoms with Crippen LogP contribution in [-0.4, -0.2) is 35.4 Å². The van der Waals surface area contributed by atoms with E-state index in [0.29, 0.717) is 0 Å². The highest BCUT2D eigenvalue weighted by molar-refractivity contribution is 6.04. The van der Waals surface area contributed by atoms with E-state index < -0.39 is 23.0 Å². The lowest BCUT2D eigenvalue weighted by molar-refractivity contribution is -0.162. The number of aliphatic imine (C=N–C) groups is 2. The van der Waals surface area contributed by atoms with Crippen LogP contribution in [0.3, 0.4) is 0 Å². The maximum Gasteiger partial charge on any atom is 0.360 e. The molecule has 0 aliphatic carbocycles. The average molecular weight is 254 g/mol. The lowest BCUT2D eigenvalue weighted by atomic mass is 10.0. The zero-order chi connectivity index (χ0) is 13.9. The van der Waals surface area contributed by atoms with Crippen LogP contribution >= 0.6 is 0 Å². The summed E-state index contributed by atoms with van der Waals surface area (Å²) in [4.78, 5) is 30.9. The first kappa shape index (κ1) is 12.4. The minimum atomic E-state index is -1.86. The van der Waals surface area contributed by atoms with E-state index in [0.717, 1.165) is 0 Å². The van der Waals surface area contributed by atoms with Crippen molar-refractivity contribution in [3.63, 3.8) is 0 Å². The van der Waals surface area contributed by atoms with Gasteiger partial charge in [-0.1, -0.05) is 0 Å². The van der Waals surface area contributed by atoms with Gasteiger partial charge in [-0.2, -0.15) is 10.5 Å². The molecule has 0 amide bonds. The van der Waals surface area contributed by atoms with E-state index >= 15 is 0 Å². The van der Waals surface area contributed by atoms with E-state index in [1.54, 1.807) is 12.1 Å². The lowest BCUT2D eigenvalue weighted by Crippen LogP contribution is -2.41. The fourth-order valence-electron chi connectivity index (χ4n) is 1.48. The van der Waals surface area contributed by atoms with Crippen LogP contribution in [0.1, 0.15) is 0 Å². The van der Waals surface area contributed by atoms with Gasteiger partial charge in [0.15, 0.2) is 0 Å². The maximum absolute atomic E-state index is 11.8. The monoisotopic (exact) mass is 254 g/mol. The Kier molecular flexibility index (Phi) is 2.82. The highest BCUT2D eigenvalue weighted by Gasteiger charge is 2.46. The summed E-state index contributed by atoms with van der Waals surface area (Å²) in [5, 5.41) is 17.9. The summed E-state index contributed by atoms with van der Waals surface area (Å²) in [7, 11) is 0. The molecular formula is C12H6N4O3. The molecule has 0 aromatic carbocycles. The SMILES string of the molecule is N#CC1(C(=O)OC(=O)C2(C#N)C=CC=N2)C=CC=N1. The van der Waals surface area contributed by atoms with Crippen molar-refractivity contribution < 1.29 is 14.3 Å². The van der Waals surface area contributed by atoms with Crippen molar-refractivity contribution in [2.75, 3.05) is 0 Å². The van der Waals surface area contributed by atoms with Crippen LogP contribution in [0.2, 0.25) is 0 Å². The van der Waals surface area contributed by atoms with Crippen molar-refractivity contribution in [3.05, 3.63) is 24.3 Å². The van der Waals surface area contributed by atoms with Crippen LogP contribution in [0.25, 0.3) is 0 Å². The molecule has 0 bridgehead atoms. The van der Waals surface area contributed by atoms with Crippen molar-refractivity contribution in [2.45, 2.75) is 11.1 Å². The fourth-order valence-corrected chi connectivity index (χ4v) is 1.48. The summed E-state index contributed by atoms with van der Waals surface area (Å²) >= 11 is 0. The summed E-state index contributed by atoms with van der Waals surface area (Å²) in [6.45, 7) is 0. The minimum Gasteiger partial charge on any atom is -0.387 e. The minimum absolute atomic E-state index is 1.16. The van der Waals surface area contributed by atoms with Gasteiger partial charge in [0.2, 0.25) is 0 Å². The molecule has 0 radical (unpaired) electrons. The number of hydrogen-bond acceptors (Lipinski definition) is 7. The Balaban J connectivity index is 2.20. The van der Waals surface area contributed by atoms with E-state index in [1.165, 1.54) is 36.7 Å². The fraction of sp³-hybridized carbons (Fsp3) is 0.167. The topological polar surface area (TPSA) is 116 Å². The molecule has 0 spiro atoms. The second kappa shape index (κ2) is 4.31. The van der Waals surface area contributed by atoms with Crippen LogP contribution in [-0.2, 0) is 14.3 Å². The van der Waals surface area contributed by atoms with Gasteiger partial charge in [-0.05, 0) is 24.3 Å². The number of ether oxygens (including phenoxy) is 1. The molecule has 19 heavy (non-hydrogen) atoms. The van der Waals surface area contributed by atoms with Gasteiger partial charge in [0.1, 0.15) is 12.1 Å². The predicted molar refractivity (Wildman–Crippen MR) is 63.1 cm³/mol. The third-order valence-electron chi connectivity index (χ3n) is 2.55. The molecule has 2 atom stereocenters. The van der Waals surface area contributed by atoms with Crippen LogP contribution in [0.5, 0.6) is 0 Å². The first-order valence-corrected chi connectivity index (χ1v) is 5.14. The van der Waals surface area contributed by atoms with Gasteiger partial charge in [0.25, 0.3) is 11.1 Å². The summed E-state index contributed by atoms with van der Waals surface area (Å²) in [5.41, 5.74) is -3.73. The van der Waals surface area contributed by atoms with Gasteiger partial charge >= 0.3 is 11.9 Å². The molecule has 0 saturated carbocycles. The molecule has 2 rings (SSSR count). The number of carbonyl (C=O) groups is 2. The number of rotatable bonds is 2. The molecule has 2 heterocycles. The van der Waals surface area contributed by atoms with E-state index in [-0.39, 0.29) is 0 Å². The Hall–Kier alpha value is -3.06. The molecule has 7 nitrogen and oxygen atoms in total. The first-order chi connectivity index (χ1) is 9.08. The molecular weight excluding hydrogens is 248 g/mol. The van der Waals surface area contributed by atoms with Crippen molar-refractivity contribution in [1.82, 2.24) is 0 Å². The molecule has 0 fully saturated rings. The normalized spacial score (nSPS) is 30.0. The van der Waals surface area contributed by atoms with Crippen LogP contribution in [0, 0.1) is 22.7 Å². The second-order valence-electron chi connectivity index (χ2n) is 3.71. The molecule has 0 N–H and O–H groups in total. The quantitative estimate of drug-likeness (QED) is 0.502. The number of carbonyl (C=O) groups excluding carboxylic acids is 2. The van der Waals surface area contributed by atoms with Crippen LogP contribution in [0.15, 0.2) is 34.3 Å². The molecule has 92 valence electrons. The number of allylic oxidation sites excluding steroid dienone is 2. The summed E-state index contributed by atoms with van der Waals surface area (Å²) < 4.78 is 4.55. The van der Waals surface area contributed by atoms with E-state index in [2.05, 4.69) is 14.7 Å². The first-order valence-electron chi connectivity index (χ1n) is 5.14. The predicted octanol–water partition coefficient (Wildman–Crippen LogP) is -0.138. The van der Waals surface area contributed by atoms with Gasteiger partial charge in [-0.3, -0.25) is 9.98 Å². The smallest absolute Gasteiger partial charge is 0.360 e. The summed E-state index contributed by atoms with van der Waals surface area (Å²) in [6.07, 6.45) is 7.70. The Morgan fingerprint density at radius 3 is 1.63 bits per heavy atom. The Bertz CT molecular complexity index is 563. The maximum atomic E-state index is 11.8. The average Bonchev–Trinajstić information content (AvgIpc) is 3.09. The van der Waals surface area contributed by atoms with E-state index in [9.17, 15) is 9.59 Å². The lowest BCUT2D eigenvalue weighted by Gasteiger charge is -2.16. The van der Waals surface area contributed by atoms with Crippen molar-refractivity contribution in [2.24, 2.45) is 9.98 Å². The third kappa shape index (κ3) is 1.83. The van der Waals surface area contributed by atoms with Crippen molar-refractivity contribution in [3.8, 4) is 12.1 Å². The molecule has 7 heteroatoms. The van der Waals surface area contributed by atoms with Crippen molar-refractivity contribution in [1.29, 1.82) is 10.5 Å². The Labute approximate surface area is 107 Å². The van der Waals surface area contributed by atoms with Gasteiger partial charge in [0.05, 0.1) is 0 Å².